The van der Waals surface area contributed by atoms with Crippen LogP contribution in [0.3, 0.4) is 0 Å². The van der Waals surface area contributed by atoms with Gasteiger partial charge in [0.2, 0.25) is 0 Å². The number of nitrogens with one attached hydrogen (secondary N) is 1. The van der Waals surface area contributed by atoms with Gasteiger partial charge in [-0.15, -0.1) is 0 Å². The second kappa shape index (κ2) is 8.77. The summed E-state index contributed by atoms with van der Waals surface area (Å²) in [6, 6.07) is 3.73. The van der Waals surface area contributed by atoms with Crippen LogP contribution in [-0.4, -0.2) is 72.9 Å². The van der Waals surface area contributed by atoms with Gasteiger partial charge in [-0.3, -0.25) is 4.79 Å². The highest BCUT2D eigenvalue weighted by Crippen LogP contribution is 2.18. The van der Waals surface area contributed by atoms with Crippen LogP contribution in [0.25, 0.3) is 0 Å². The number of pyridine rings is 1. The smallest absolute Gasteiger partial charge is 0.407 e. The fraction of sp³-hybridized carbons (Fsp3) is 0.650. The predicted octanol–water partition coefficient (Wildman–Crippen LogP) is 2.05. The van der Waals surface area contributed by atoms with E-state index in [1.165, 1.54) is 0 Å². The first-order chi connectivity index (χ1) is 13.3. The number of aromatic nitrogens is 1. The number of alkyl carbamates (subject to hydrolysis) is 1. The summed E-state index contributed by atoms with van der Waals surface area (Å²) >= 11 is 0. The van der Waals surface area contributed by atoms with E-state index in [1.54, 1.807) is 11.1 Å². The summed E-state index contributed by atoms with van der Waals surface area (Å²) in [7, 11) is 0. The Morgan fingerprint density at radius 2 is 1.82 bits per heavy atom. The van der Waals surface area contributed by atoms with Crippen LogP contribution in [0.15, 0.2) is 18.3 Å². The van der Waals surface area contributed by atoms with Gasteiger partial charge in [0.15, 0.2) is 0 Å². The number of hydrogen-bond donors (Lipinski definition) is 1. The van der Waals surface area contributed by atoms with Crippen molar-refractivity contribution in [2.45, 2.75) is 45.3 Å². The quantitative estimate of drug-likeness (QED) is 0.850. The van der Waals surface area contributed by atoms with Crippen LogP contribution in [0, 0.1) is 0 Å². The minimum Gasteiger partial charge on any atom is -0.446 e. The lowest BCUT2D eigenvalue weighted by molar-refractivity contribution is 0.0404. The average molecular weight is 390 g/mol. The minimum absolute atomic E-state index is 0.0291. The molecule has 154 valence electrons. The third-order valence-electron chi connectivity index (χ3n) is 4.81. The van der Waals surface area contributed by atoms with E-state index in [4.69, 9.17) is 9.47 Å². The summed E-state index contributed by atoms with van der Waals surface area (Å²) < 4.78 is 10.8. The number of anilines is 1. The van der Waals surface area contributed by atoms with Gasteiger partial charge in [0.1, 0.15) is 11.9 Å². The van der Waals surface area contributed by atoms with Crippen LogP contribution >= 0.6 is 0 Å². The van der Waals surface area contributed by atoms with E-state index in [2.05, 4.69) is 15.2 Å². The maximum Gasteiger partial charge on any atom is 0.407 e. The molecule has 1 aromatic rings. The summed E-state index contributed by atoms with van der Waals surface area (Å²) in [5, 5.41) is 2.80. The van der Waals surface area contributed by atoms with E-state index in [-0.39, 0.29) is 17.6 Å². The number of morpholine rings is 1. The van der Waals surface area contributed by atoms with Crippen LogP contribution < -0.4 is 10.2 Å². The number of piperidine rings is 1. The molecule has 0 spiro atoms. The molecule has 2 aliphatic heterocycles. The fourth-order valence-electron chi connectivity index (χ4n) is 3.34. The second-order valence-corrected chi connectivity index (χ2v) is 8.28. The molecule has 3 rings (SSSR count). The Balaban J connectivity index is 1.49. The van der Waals surface area contributed by atoms with Gasteiger partial charge >= 0.3 is 6.09 Å². The monoisotopic (exact) mass is 390 g/mol. The van der Waals surface area contributed by atoms with Gasteiger partial charge in [-0.1, -0.05) is 0 Å². The Morgan fingerprint density at radius 3 is 2.39 bits per heavy atom. The van der Waals surface area contributed by atoms with Crippen molar-refractivity contribution in [3.63, 3.8) is 0 Å². The number of carbonyl (C=O) groups is 2. The standard InChI is InChI=1S/C20H30N4O4/c1-20(2,3)22-19(26)28-16-6-8-24(9-7-16)18(25)15-4-5-17(21-14-15)23-10-12-27-13-11-23/h4-5,14,16H,6-13H2,1-3H3,(H,22,26). The molecule has 28 heavy (non-hydrogen) atoms. The van der Waals surface area contributed by atoms with Crippen molar-refractivity contribution in [2.24, 2.45) is 0 Å². The molecule has 2 saturated heterocycles. The van der Waals surface area contributed by atoms with Crippen LogP contribution in [0.1, 0.15) is 44.0 Å². The zero-order valence-electron chi connectivity index (χ0n) is 16.9. The third kappa shape index (κ3) is 5.58. The van der Waals surface area contributed by atoms with E-state index < -0.39 is 6.09 Å². The van der Waals surface area contributed by atoms with E-state index in [1.807, 2.05) is 32.9 Å². The molecule has 1 aromatic heterocycles. The molecule has 0 bridgehead atoms. The highest BCUT2D eigenvalue weighted by atomic mass is 16.6. The molecule has 3 heterocycles. The molecule has 0 radical (unpaired) electrons. The number of hydrogen-bond acceptors (Lipinski definition) is 6. The molecule has 0 saturated carbocycles. The highest BCUT2D eigenvalue weighted by molar-refractivity contribution is 5.94. The average Bonchev–Trinajstić information content (AvgIpc) is 2.67. The molecule has 2 aliphatic rings. The van der Waals surface area contributed by atoms with Crippen molar-refractivity contribution >= 4 is 17.8 Å². The van der Waals surface area contributed by atoms with Gasteiger partial charge in [-0.05, 0) is 32.9 Å². The number of carbonyl (C=O) groups excluding carboxylic acids is 2. The second-order valence-electron chi connectivity index (χ2n) is 8.28. The Hall–Kier alpha value is -2.35. The third-order valence-corrected chi connectivity index (χ3v) is 4.81. The molecule has 8 nitrogen and oxygen atoms in total. The lowest BCUT2D eigenvalue weighted by Gasteiger charge is -2.32. The molecule has 0 atom stereocenters. The maximum atomic E-state index is 12.7. The van der Waals surface area contributed by atoms with Gasteiger partial charge in [0, 0.05) is 50.8 Å². The van der Waals surface area contributed by atoms with Crippen LogP contribution in [0.4, 0.5) is 10.6 Å². The van der Waals surface area contributed by atoms with Crippen LogP contribution in [0.2, 0.25) is 0 Å². The lowest BCUT2D eigenvalue weighted by atomic mass is 10.1. The van der Waals surface area contributed by atoms with Gasteiger partial charge in [0.25, 0.3) is 5.91 Å². The van der Waals surface area contributed by atoms with Crippen molar-refractivity contribution in [2.75, 3.05) is 44.3 Å². The normalized spacial score (nSPS) is 18.7. The molecule has 0 aromatic carbocycles. The summed E-state index contributed by atoms with van der Waals surface area (Å²) in [4.78, 5) is 33.0. The Bertz CT molecular complexity index is 672. The molecule has 0 unspecified atom stereocenters. The molecular weight excluding hydrogens is 360 g/mol. The zero-order chi connectivity index (χ0) is 20.1. The predicted molar refractivity (Wildman–Crippen MR) is 106 cm³/mol. The first kappa shape index (κ1) is 20.4. The highest BCUT2D eigenvalue weighted by Gasteiger charge is 2.27. The number of rotatable bonds is 3. The Kier molecular flexibility index (Phi) is 6.39. The van der Waals surface area contributed by atoms with Crippen molar-refractivity contribution in [1.29, 1.82) is 0 Å². The lowest BCUT2D eigenvalue weighted by Crippen LogP contribution is -2.45. The Morgan fingerprint density at radius 1 is 1.14 bits per heavy atom. The minimum atomic E-state index is -0.403. The summed E-state index contributed by atoms with van der Waals surface area (Å²) in [6.45, 7) is 9.90. The molecular formula is C20H30N4O4. The Labute approximate surface area is 166 Å². The first-order valence-electron chi connectivity index (χ1n) is 9.89. The summed E-state index contributed by atoms with van der Waals surface area (Å²) in [5.74, 6) is 0.843. The van der Waals surface area contributed by atoms with Gasteiger partial charge in [-0.2, -0.15) is 0 Å². The molecule has 2 fully saturated rings. The van der Waals surface area contributed by atoms with Gasteiger partial charge in [0.05, 0.1) is 18.8 Å². The number of nitrogens with zero attached hydrogens (tertiary/aromatic N) is 3. The van der Waals surface area contributed by atoms with Crippen LogP contribution in [-0.2, 0) is 9.47 Å². The van der Waals surface area contributed by atoms with E-state index >= 15 is 0 Å². The van der Waals surface area contributed by atoms with Gasteiger partial charge < -0.3 is 24.6 Å². The van der Waals surface area contributed by atoms with E-state index in [9.17, 15) is 9.59 Å². The van der Waals surface area contributed by atoms with E-state index in [0.717, 1.165) is 18.9 Å². The van der Waals surface area contributed by atoms with Crippen molar-refractivity contribution in [1.82, 2.24) is 15.2 Å². The van der Waals surface area contributed by atoms with E-state index in [0.29, 0.717) is 44.7 Å². The summed E-state index contributed by atoms with van der Waals surface area (Å²) in [5.41, 5.74) is 0.260. The van der Waals surface area contributed by atoms with Crippen molar-refractivity contribution in [3.8, 4) is 0 Å². The first-order valence-corrected chi connectivity index (χ1v) is 9.89. The maximum absolute atomic E-state index is 12.7. The topological polar surface area (TPSA) is 84.0 Å². The van der Waals surface area contributed by atoms with Crippen LogP contribution in [0.5, 0.6) is 0 Å². The zero-order valence-corrected chi connectivity index (χ0v) is 16.9. The number of ether oxygens (including phenoxy) is 2. The fourth-order valence-corrected chi connectivity index (χ4v) is 3.34. The molecule has 8 heteroatoms. The van der Waals surface area contributed by atoms with Crippen molar-refractivity contribution in [3.05, 3.63) is 23.9 Å². The van der Waals surface area contributed by atoms with Crippen molar-refractivity contribution < 1.29 is 19.1 Å². The molecule has 0 aliphatic carbocycles. The number of likely N-dealkylation sites (tertiary alicyclic amines) is 1. The number of amides is 2. The summed E-state index contributed by atoms with van der Waals surface area (Å²) in [6.07, 6.45) is 2.37. The molecule has 2 amide bonds. The molecule has 1 N–H and O–H groups in total. The SMILES string of the molecule is CC(C)(C)NC(=O)OC1CCN(C(=O)c2ccc(N3CCOCC3)nc2)CC1. The van der Waals surface area contributed by atoms with Gasteiger partial charge in [-0.25, -0.2) is 9.78 Å². The largest absolute Gasteiger partial charge is 0.446 e.